The van der Waals surface area contributed by atoms with E-state index in [9.17, 15) is 4.79 Å². The molecule has 0 aliphatic carbocycles. The molecule has 3 heterocycles. The van der Waals surface area contributed by atoms with Crippen LogP contribution in [0, 0.1) is 6.92 Å². The molecule has 0 bridgehead atoms. The Morgan fingerprint density at radius 3 is 2.68 bits per heavy atom. The molecule has 1 fully saturated rings. The van der Waals surface area contributed by atoms with E-state index in [0.29, 0.717) is 11.2 Å². The standard InChI is InChI=1S/C14H19N5OS2/c1-10(12-3-8-21-9-12)18-4-6-19(7-5-18)14(20)15-13-17-16-11(2)22-13/h3,8-10H,4-7H2,1-2H3,(H,15,17,20). The SMILES string of the molecule is Cc1nnc(NC(=O)N2CCN(C(C)c3ccsc3)CC2)s1. The number of amides is 2. The number of nitrogens with one attached hydrogen (secondary N) is 1. The Hall–Kier alpha value is -1.51. The summed E-state index contributed by atoms with van der Waals surface area (Å²) in [7, 11) is 0. The van der Waals surface area contributed by atoms with Crippen LogP contribution in [-0.4, -0.2) is 52.2 Å². The minimum Gasteiger partial charge on any atom is -0.322 e. The number of carbonyl (C=O) groups is 1. The molecule has 0 radical (unpaired) electrons. The van der Waals surface area contributed by atoms with Crippen LogP contribution in [0.5, 0.6) is 0 Å². The molecule has 3 rings (SSSR count). The maximum Gasteiger partial charge on any atom is 0.323 e. The fourth-order valence-corrected chi connectivity index (χ4v) is 3.88. The number of nitrogens with zero attached hydrogens (tertiary/aromatic N) is 4. The molecule has 22 heavy (non-hydrogen) atoms. The van der Waals surface area contributed by atoms with Crippen molar-refractivity contribution in [3.8, 4) is 0 Å². The monoisotopic (exact) mass is 337 g/mol. The molecule has 1 unspecified atom stereocenters. The Morgan fingerprint density at radius 1 is 1.32 bits per heavy atom. The van der Waals surface area contributed by atoms with Crippen LogP contribution < -0.4 is 5.32 Å². The first-order valence-electron chi connectivity index (χ1n) is 7.25. The van der Waals surface area contributed by atoms with Crippen molar-refractivity contribution >= 4 is 33.8 Å². The van der Waals surface area contributed by atoms with Gasteiger partial charge >= 0.3 is 6.03 Å². The molecule has 0 saturated carbocycles. The lowest BCUT2D eigenvalue weighted by Gasteiger charge is -2.37. The second-order valence-electron chi connectivity index (χ2n) is 5.31. The van der Waals surface area contributed by atoms with E-state index < -0.39 is 0 Å². The molecular weight excluding hydrogens is 318 g/mol. The molecular formula is C14H19N5OS2. The van der Waals surface area contributed by atoms with E-state index in [1.54, 1.807) is 11.3 Å². The quantitative estimate of drug-likeness (QED) is 0.935. The predicted octanol–water partition coefficient (Wildman–Crippen LogP) is 2.82. The van der Waals surface area contributed by atoms with E-state index in [2.05, 4.69) is 44.2 Å². The van der Waals surface area contributed by atoms with Crippen LogP contribution in [0.2, 0.25) is 0 Å². The summed E-state index contributed by atoms with van der Waals surface area (Å²) in [4.78, 5) is 16.5. The molecule has 0 aromatic carbocycles. The summed E-state index contributed by atoms with van der Waals surface area (Å²) >= 11 is 3.12. The van der Waals surface area contributed by atoms with Crippen LogP contribution in [0.1, 0.15) is 23.5 Å². The van der Waals surface area contributed by atoms with Gasteiger partial charge in [-0.1, -0.05) is 11.3 Å². The van der Waals surface area contributed by atoms with Gasteiger partial charge < -0.3 is 4.90 Å². The third kappa shape index (κ3) is 3.45. The molecule has 8 heteroatoms. The Morgan fingerprint density at radius 2 is 2.09 bits per heavy atom. The van der Waals surface area contributed by atoms with E-state index >= 15 is 0 Å². The number of anilines is 1. The largest absolute Gasteiger partial charge is 0.323 e. The van der Waals surface area contributed by atoms with Crippen LogP contribution in [0.3, 0.4) is 0 Å². The zero-order valence-corrected chi connectivity index (χ0v) is 14.3. The van der Waals surface area contributed by atoms with Crippen molar-refractivity contribution in [1.29, 1.82) is 0 Å². The van der Waals surface area contributed by atoms with Crippen molar-refractivity contribution in [2.75, 3.05) is 31.5 Å². The average Bonchev–Trinajstić information content (AvgIpc) is 3.18. The molecule has 118 valence electrons. The third-order valence-electron chi connectivity index (χ3n) is 3.91. The maximum absolute atomic E-state index is 12.2. The summed E-state index contributed by atoms with van der Waals surface area (Å²) < 4.78 is 0. The normalized spacial score (nSPS) is 17.5. The highest BCUT2D eigenvalue weighted by Crippen LogP contribution is 2.23. The second kappa shape index (κ2) is 6.72. The highest BCUT2D eigenvalue weighted by Gasteiger charge is 2.25. The number of thiophene rings is 1. The minimum absolute atomic E-state index is 0.0843. The average molecular weight is 337 g/mol. The summed E-state index contributed by atoms with van der Waals surface area (Å²) in [5.41, 5.74) is 1.35. The summed E-state index contributed by atoms with van der Waals surface area (Å²) in [6.45, 7) is 7.34. The first kappa shape index (κ1) is 15.4. The topological polar surface area (TPSA) is 61.4 Å². The van der Waals surface area contributed by atoms with Gasteiger partial charge in [0.15, 0.2) is 0 Å². The maximum atomic E-state index is 12.2. The predicted molar refractivity (Wildman–Crippen MR) is 89.5 cm³/mol. The van der Waals surface area contributed by atoms with Gasteiger partial charge in [-0.25, -0.2) is 4.79 Å². The summed E-state index contributed by atoms with van der Waals surface area (Å²) in [6.07, 6.45) is 0. The molecule has 2 aromatic heterocycles. The van der Waals surface area contributed by atoms with Crippen LogP contribution in [-0.2, 0) is 0 Å². The van der Waals surface area contributed by atoms with Crippen LogP contribution in [0.15, 0.2) is 16.8 Å². The lowest BCUT2D eigenvalue weighted by atomic mass is 10.1. The van der Waals surface area contributed by atoms with Gasteiger partial charge in [0.25, 0.3) is 0 Å². The molecule has 1 saturated heterocycles. The van der Waals surface area contributed by atoms with Crippen molar-refractivity contribution in [2.45, 2.75) is 19.9 Å². The van der Waals surface area contributed by atoms with Crippen molar-refractivity contribution in [3.63, 3.8) is 0 Å². The van der Waals surface area contributed by atoms with Gasteiger partial charge in [-0.2, -0.15) is 11.3 Å². The number of aryl methyl sites for hydroxylation is 1. The van der Waals surface area contributed by atoms with E-state index in [1.165, 1.54) is 16.9 Å². The fourth-order valence-electron chi connectivity index (χ4n) is 2.55. The number of urea groups is 1. The number of rotatable bonds is 3. The zero-order valence-electron chi connectivity index (χ0n) is 12.7. The highest BCUT2D eigenvalue weighted by atomic mass is 32.1. The van der Waals surface area contributed by atoms with Crippen molar-refractivity contribution in [2.24, 2.45) is 0 Å². The van der Waals surface area contributed by atoms with Crippen LogP contribution in [0.25, 0.3) is 0 Å². The Bertz CT molecular complexity index is 619. The number of hydrogen-bond acceptors (Lipinski definition) is 6. The number of aromatic nitrogens is 2. The Balaban J connectivity index is 1.52. The van der Waals surface area contributed by atoms with Gasteiger partial charge in [-0.05, 0) is 36.2 Å². The molecule has 6 nitrogen and oxygen atoms in total. The zero-order chi connectivity index (χ0) is 15.5. The molecule has 1 N–H and O–H groups in total. The van der Waals surface area contributed by atoms with Gasteiger partial charge in [0.1, 0.15) is 5.01 Å². The summed E-state index contributed by atoms with van der Waals surface area (Å²) in [5.74, 6) is 0. The first-order chi connectivity index (χ1) is 10.6. The highest BCUT2D eigenvalue weighted by molar-refractivity contribution is 7.15. The molecule has 1 atom stereocenters. The van der Waals surface area contributed by atoms with Crippen molar-refractivity contribution in [3.05, 3.63) is 27.4 Å². The van der Waals surface area contributed by atoms with Crippen molar-refractivity contribution in [1.82, 2.24) is 20.0 Å². The van der Waals surface area contributed by atoms with E-state index in [1.807, 2.05) is 11.8 Å². The summed E-state index contributed by atoms with van der Waals surface area (Å²) in [5, 5.41) is 16.4. The fraction of sp³-hybridized carbons (Fsp3) is 0.500. The smallest absolute Gasteiger partial charge is 0.322 e. The second-order valence-corrected chi connectivity index (χ2v) is 7.27. The van der Waals surface area contributed by atoms with Gasteiger partial charge in [0.05, 0.1) is 0 Å². The van der Waals surface area contributed by atoms with E-state index in [0.717, 1.165) is 31.2 Å². The van der Waals surface area contributed by atoms with Crippen LogP contribution >= 0.6 is 22.7 Å². The number of piperazine rings is 1. The molecule has 0 spiro atoms. The molecule has 2 amide bonds. The Labute approximate surface area is 137 Å². The lowest BCUT2D eigenvalue weighted by molar-refractivity contribution is 0.119. The minimum atomic E-state index is -0.0843. The lowest BCUT2D eigenvalue weighted by Crippen LogP contribution is -2.50. The molecule has 1 aliphatic rings. The third-order valence-corrected chi connectivity index (χ3v) is 5.37. The number of hydrogen-bond donors (Lipinski definition) is 1. The van der Waals surface area contributed by atoms with Gasteiger partial charge in [0.2, 0.25) is 5.13 Å². The first-order valence-corrected chi connectivity index (χ1v) is 9.01. The van der Waals surface area contributed by atoms with Gasteiger partial charge in [-0.15, -0.1) is 10.2 Å². The van der Waals surface area contributed by atoms with E-state index in [4.69, 9.17) is 0 Å². The molecule has 1 aliphatic heterocycles. The number of carbonyl (C=O) groups excluding carboxylic acids is 1. The van der Waals surface area contributed by atoms with Crippen LogP contribution in [0.4, 0.5) is 9.93 Å². The van der Waals surface area contributed by atoms with E-state index in [-0.39, 0.29) is 6.03 Å². The van der Waals surface area contributed by atoms with Crippen molar-refractivity contribution < 1.29 is 4.79 Å². The summed E-state index contributed by atoms with van der Waals surface area (Å²) in [6, 6.07) is 2.49. The van der Waals surface area contributed by atoms with Gasteiger partial charge in [-0.3, -0.25) is 10.2 Å². The molecule has 2 aromatic rings. The Kier molecular flexibility index (Phi) is 4.70. The van der Waals surface area contributed by atoms with Gasteiger partial charge in [0, 0.05) is 32.2 Å².